The molecule has 5 nitrogen and oxygen atoms in total. The van der Waals surface area contributed by atoms with Crippen LogP contribution >= 0.6 is 11.8 Å². The van der Waals surface area contributed by atoms with Crippen LogP contribution in [-0.4, -0.2) is 28.0 Å². The Morgan fingerprint density at radius 3 is 2.91 bits per heavy atom. The van der Waals surface area contributed by atoms with E-state index in [0.29, 0.717) is 5.56 Å². The molecule has 0 unspecified atom stereocenters. The number of nitrogens with zero attached hydrogens (tertiary/aromatic N) is 2. The molecule has 1 saturated carbocycles. The molecule has 1 aliphatic carbocycles. The van der Waals surface area contributed by atoms with Gasteiger partial charge in [-0.25, -0.2) is 4.39 Å². The number of ether oxygens (including phenoxy) is 1. The van der Waals surface area contributed by atoms with Crippen LogP contribution in [-0.2, 0) is 9.53 Å². The maximum Gasteiger partial charge on any atom is 0.316 e. The molecule has 0 saturated heterocycles. The first-order chi connectivity index (χ1) is 11.2. The minimum atomic E-state index is -0.369. The van der Waals surface area contributed by atoms with Gasteiger partial charge in [-0.3, -0.25) is 4.79 Å². The summed E-state index contributed by atoms with van der Waals surface area (Å²) in [5, 5.41) is 7.99. The Bertz CT molecular complexity index is 671. The van der Waals surface area contributed by atoms with Crippen LogP contribution in [0.15, 0.2) is 33.9 Å². The lowest BCUT2D eigenvalue weighted by Crippen LogP contribution is -2.21. The average Bonchev–Trinajstić information content (AvgIpc) is 3.03. The van der Waals surface area contributed by atoms with Crippen LogP contribution in [0.2, 0.25) is 0 Å². The lowest BCUT2D eigenvalue weighted by Gasteiger charge is -2.21. The third kappa shape index (κ3) is 4.54. The molecule has 0 amide bonds. The Kier molecular flexibility index (Phi) is 5.27. The number of esters is 1. The summed E-state index contributed by atoms with van der Waals surface area (Å²) in [4.78, 5) is 11.8. The highest BCUT2D eigenvalue weighted by atomic mass is 32.2. The van der Waals surface area contributed by atoms with E-state index in [2.05, 4.69) is 10.2 Å². The summed E-state index contributed by atoms with van der Waals surface area (Å²) in [5.41, 5.74) is 0.508. The van der Waals surface area contributed by atoms with Gasteiger partial charge in [-0.05, 0) is 43.9 Å². The molecule has 1 fully saturated rings. The van der Waals surface area contributed by atoms with Crippen molar-refractivity contribution >= 4 is 17.7 Å². The van der Waals surface area contributed by atoms with Crippen molar-refractivity contribution in [1.82, 2.24) is 10.2 Å². The molecule has 0 aliphatic heterocycles. The van der Waals surface area contributed by atoms with Crippen LogP contribution in [0.25, 0.3) is 11.5 Å². The molecule has 0 bridgehead atoms. The summed E-state index contributed by atoms with van der Waals surface area (Å²) >= 11 is 1.13. The van der Waals surface area contributed by atoms with Crippen molar-refractivity contribution in [3.05, 3.63) is 30.1 Å². The number of carbonyl (C=O) groups is 1. The van der Waals surface area contributed by atoms with Gasteiger partial charge in [0.05, 0.1) is 0 Å². The quantitative estimate of drug-likeness (QED) is 0.610. The van der Waals surface area contributed by atoms with E-state index >= 15 is 0 Å². The number of hydrogen-bond donors (Lipinski definition) is 0. The van der Waals surface area contributed by atoms with Crippen LogP contribution in [0.3, 0.4) is 0 Å². The van der Waals surface area contributed by atoms with E-state index in [1.54, 1.807) is 12.1 Å². The van der Waals surface area contributed by atoms with Gasteiger partial charge in [-0.2, -0.15) is 0 Å². The Hall–Kier alpha value is -1.89. The highest BCUT2D eigenvalue weighted by Gasteiger charge is 2.18. The molecule has 0 atom stereocenters. The zero-order valence-corrected chi connectivity index (χ0v) is 13.4. The van der Waals surface area contributed by atoms with Crippen molar-refractivity contribution < 1.29 is 18.3 Å². The molecule has 1 aromatic carbocycles. The van der Waals surface area contributed by atoms with Crippen LogP contribution in [0.1, 0.15) is 32.1 Å². The van der Waals surface area contributed by atoms with Gasteiger partial charge in [0.15, 0.2) is 0 Å². The molecule has 1 aromatic heterocycles. The van der Waals surface area contributed by atoms with E-state index in [4.69, 9.17) is 9.15 Å². The SMILES string of the molecule is O=C(CSc1nnc(-c2cccc(F)c2)o1)OC1CCCCC1. The summed E-state index contributed by atoms with van der Waals surface area (Å²) in [6, 6.07) is 5.92. The van der Waals surface area contributed by atoms with Gasteiger partial charge in [0.2, 0.25) is 5.89 Å². The lowest BCUT2D eigenvalue weighted by atomic mass is 9.98. The molecule has 23 heavy (non-hydrogen) atoms. The van der Waals surface area contributed by atoms with Gasteiger partial charge in [0, 0.05) is 5.56 Å². The van der Waals surface area contributed by atoms with Crippen molar-refractivity contribution in [3.8, 4) is 11.5 Å². The maximum absolute atomic E-state index is 13.2. The third-order valence-corrected chi connectivity index (χ3v) is 4.43. The van der Waals surface area contributed by atoms with E-state index in [1.807, 2.05) is 0 Å². The largest absolute Gasteiger partial charge is 0.462 e. The fourth-order valence-electron chi connectivity index (χ4n) is 2.53. The third-order valence-electron chi connectivity index (χ3n) is 3.64. The highest BCUT2D eigenvalue weighted by molar-refractivity contribution is 7.99. The average molecular weight is 336 g/mol. The molecule has 0 radical (unpaired) electrons. The Morgan fingerprint density at radius 1 is 1.30 bits per heavy atom. The minimum Gasteiger partial charge on any atom is -0.462 e. The van der Waals surface area contributed by atoms with Gasteiger partial charge in [0.1, 0.15) is 17.7 Å². The number of benzene rings is 1. The second-order valence-electron chi connectivity index (χ2n) is 5.42. The van der Waals surface area contributed by atoms with E-state index in [-0.39, 0.29) is 34.8 Å². The molecule has 0 spiro atoms. The highest BCUT2D eigenvalue weighted by Crippen LogP contribution is 2.25. The van der Waals surface area contributed by atoms with E-state index in [0.717, 1.165) is 37.4 Å². The number of rotatable bonds is 5. The molecule has 1 heterocycles. The molecule has 122 valence electrons. The van der Waals surface area contributed by atoms with Gasteiger partial charge >= 0.3 is 5.97 Å². The minimum absolute atomic E-state index is 0.0439. The molecule has 7 heteroatoms. The molecule has 2 aromatic rings. The number of halogens is 1. The summed E-state index contributed by atoms with van der Waals surface area (Å²) in [5.74, 6) is -0.285. The van der Waals surface area contributed by atoms with Gasteiger partial charge in [-0.1, -0.05) is 24.2 Å². The lowest BCUT2D eigenvalue weighted by molar-refractivity contribution is -0.147. The van der Waals surface area contributed by atoms with Crippen LogP contribution in [0.5, 0.6) is 0 Å². The fourth-order valence-corrected chi connectivity index (χ4v) is 3.08. The van der Waals surface area contributed by atoms with E-state index < -0.39 is 0 Å². The zero-order valence-electron chi connectivity index (χ0n) is 12.5. The van der Waals surface area contributed by atoms with Crippen LogP contribution < -0.4 is 0 Å². The Labute approximate surface area is 137 Å². The predicted molar refractivity (Wildman–Crippen MR) is 83.4 cm³/mol. The number of hydrogen-bond acceptors (Lipinski definition) is 6. The van der Waals surface area contributed by atoms with Crippen LogP contribution in [0.4, 0.5) is 4.39 Å². The first kappa shape index (κ1) is 16.0. The van der Waals surface area contributed by atoms with Gasteiger partial charge in [-0.15, -0.1) is 10.2 Å². The first-order valence-electron chi connectivity index (χ1n) is 7.62. The number of carbonyl (C=O) groups excluding carboxylic acids is 1. The summed E-state index contributed by atoms with van der Waals surface area (Å²) in [6.45, 7) is 0. The Morgan fingerprint density at radius 2 is 2.13 bits per heavy atom. The first-order valence-corrected chi connectivity index (χ1v) is 8.61. The molecular formula is C16H17FN2O3S. The van der Waals surface area contributed by atoms with Crippen molar-refractivity contribution in [2.45, 2.75) is 43.4 Å². The van der Waals surface area contributed by atoms with E-state index in [9.17, 15) is 9.18 Å². The maximum atomic E-state index is 13.2. The second kappa shape index (κ2) is 7.59. The fraction of sp³-hybridized carbons (Fsp3) is 0.438. The second-order valence-corrected chi connectivity index (χ2v) is 6.35. The van der Waals surface area contributed by atoms with Gasteiger partial charge < -0.3 is 9.15 Å². The molecular weight excluding hydrogens is 319 g/mol. The summed E-state index contributed by atoms with van der Waals surface area (Å²) < 4.78 is 24.0. The predicted octanol–water partition coefficient (Wildman–Crippen LogP) is 3.84. The monoisotopic (exact) mass is 336 g/mol. The normalized spacial score (nSPS) is 15.5. The molecule has 3 rings (SSSR count). The summed E-state index contributed by atoms with van der Waals surface area (Å²) in [7, 11) is 0. The zero-order chi connectivity index (χ0) is 16.1. The molecule has 0 N–H and O–H groups in total. The van der Waals surface area contributed by atoms with Crippen LogP contribution in [0, 0.1) is 5.82 Å². The van der Waals surface area contributed by atoms with E-state index in [1.165, 1.54) is 18.6 Å². The van der Waals surface area contributed by atoms with Gasteiger partial charge in [0.25, 0.3) is 5.22 Å². The summed E-state index contributed by atoms with van der Waals surface area (Å²) in [6.07, 6.45) is 5.38. The topological polar surface area (TPSA) is 65.2 Å². The van der Waals surface area contributed by atoms with Crippen molar-refractivity contribution in [3.63, 3.8) is 0 Å². The number of thioether (sulfide) groups is 1. The van der Waals surface area contributed by atoms with Crippen molar-refractivity contribution in [1.29, 1.82) is 0 Å². The molecule has 1 aliphatic rings. The number of aromatic nitrogens is 2. The van der Waals surface area contributed by atoms with Crippen molar-refractivity contribution in [2.75, 3.05) is 5.75 Å². The standard InChI is InChI=1S/C16H17FN2O3S/c17-12-6-4-5-11(9-12)15-18-19-16(22-15)23-10-14(20)21-13-7-2-1-3-8-13/h4-6,9,13H,1-3,7-8,10H2. The smallest absolute Gasteiger partial charge is 0.316 e. The van der Waals surface area contributed by atoms with Crippen molar-refractivity contribution in [2.24, 2.45) is 0 Å². The Balaban J connectivity index is 1.52.